The van der Waals surface area contributed by atoms with E-state index < -0.39 is 5.60 Å². The molecule has 1 fully saturated rings. The molecule has 1 atom stereocenters. The van der Waals surface area contributed by atoms with Gasteiger partial charge in [-0.25, -0.2) is 4.79 Å². The van der Waals surface area contributed by atoms with Crippen LogP contribution in [0.4, 0.5) is 4.79 Å². The molecule has 0 saturated carbocycles. The van der Waals surface area contributed by atoms with Crippen molar-refractivity contribution in [1.82, 2.24) is 10.6 Å². The van der Waals surface area contributed by atoms with Gasteiger partial charge in [0.25, 0.3) is 0 Å². The zero-order valence-electron chi connectivity index (χ0n) is 9.85. The minimum atomic E-state index is -0.419. The number of halogens is 1. The van der Waals surface area contributed by atoms with Gasteiger partial charge in [-0.05, 0) is 40.7 Å². The maximum atomic E-state index is 11.3. The molecule has 1 aliphatic heterocycles. The molecule has 0 radical (unpaired) electrons. The molecule has 0 aliphatic carbocycles. The van der Waals surface area contributed by atoms with E-state index in [0.29, 0.717) is 6.54 Å². The fourth-order valence-corrected chi connectivity index (χ4v) is 1.28. The molecular weight excluding hydrogens is 216 g/mol. The maximum Gasteiger partial charge on any atom is 0.407 e. The van der Waals surface area contributed by atoms with Crippen molar-refractivity contribution >= 4 is 18.5 Å². The number of alkyl carbamates (subject to hydrolysis) is 1. The molecule has 1 rings (SSSR count). The van der Waals surface area contributed by atoms with Gasteiger partial charge >= 0.3 is 6.09 Å². The molecule has 2 N–H and O–H groups in total. The van der Waals surface area contributed by atoms with Crippen LogP contribution in [-0.4, -0.2) is 30.3 Å². The van der Waals surface area contributed by atoms with Crippen molar-refractivity contribution in [2.24, 2.45) is 0 Å². The normalized spacial score (nSPS) is 24.8. The van der Waals surface area contributed by atoms with Crippen LogP contribution in [-0.2, 0) is 4.74 Å². The Hall–Kier alpha value is -0.480. The predicted molar refractivity (Wildman–Crippen MR) is 62.5 cm³/mol. The lowest BCUT2D eigenvalue weighted by atomic mass is 9.90. The Morgan fingerprint density at radius 3 is 2.40 bits per heavy atom. The molecule has 0 aromatic heterocycles. The van der Waals surface area contributed by atoms with Crippen molar-refractivity contribution in [3.05, 3.63) is 0 Å². The standard InChI is InChI=1S/C10H20N2O2.ClH/c1-9(2,3)14-8(13)11-7-10(4)5-6-12-10;/h12H,5-7H2,1-4H3,(H,11,13);1H. The smallest absolute Gasteiger partial charge is 0.407 e. The van der Waals surface area contributed by atoms with Gasteiger partial charge in [0.15, 0.2) is 0 Å². The highest BCUT2D eigenvalue weighted by Crippen LogP contribution is 2.16. The molecule has 5 heteroatoms. The molecule has 0 bridgehead atoms. The van der Waals surface area contributed by atoms with Gasteiger partial charge in [-0.2, -0.15) is 0 Å². The highest BCUT2D eigenvalue weighted by atomic mass is 35.5. The van der Waals surface area contributed by atoms with Crippen LogP contribution in [0.3, 0.4) is 0 Å². The van der Waals surface area contributed by atoms with Crippen molar-refractivity contribution in [3.63, 3.8) is 0 Å². The first-order valence-corrected chi connectivity index (χ1v) is 5.03. The topological polar surface area (TPSA) is 50.4 Å². The number of hydrogen-bond donors (Lipinski definition) is 2. The number of amides is 1. The summed E-state index contributed by atoms with van der Waals surface area (Å²) in [7, 11) is 0. The van der Waals surface area contributed by atoms with E-state index in [4.69, 9.17) is 4.74 Å². The monoisotopic (exact) mass is 236 g/mol. The third-order valence-corrected chi connectivity index (χ3v) is 2.25. The molecule has 0 aromatic carbocycles. The molecule has 0 spiro atoms. The molecule has 1 aliphatic rings. The summed E-state index contributed by atoms with van der Waals surface area (Å²) >= 11 is 0. The van der Waals surface area contributed by atoms with Crippen LogP contribution in [0.1, 0.15) is 34.1 Å². The van der Waals surface area contributed by atoms with E-state index in [2.05, 4.69) is 17.6 Å². The maximum absolute atomic E-state index is 11.3. The minimum Gasteiger partial charge on any atom is -0.444 e. The summed E-state index contributed by atoms with van der Waals surface area (Å²) in [6.07, 6.45) is 0.760. The third kappa shape index (κ3) is 5.23. The second-order valence-electron chi connectivity index (χ2n) is 5.09. The first-order chi connectivity index (χ1) is 6.31. The Balaban J connectivity index is 0.00000196. The van der Waals surface area contributed by atoms with E-state index in [1.54, 1.807) is 0 Å². The van der Waals surface area contributed by atoms with Crippen molar-refractivity contribution in [3.8, 4) is 0 Å². The third-order valence-electron chi connectivity index (χ3n) is 2.25. The summed E-state index contributed by atoms with van der Waals surface area (Å²) in [6, 6.07) is 0. The Morgan fingerprint density at radius 2 is 2.07 bits per heavy atom. The number of carbonyl (C=O) groups excluding carboxylic acids is 1. The van der Waals surface area contributed by atoms with Gasteiger partial charge in [0.1, 0.15) is 5.60 Å². The summed E-state index contributed by atoms with van der Waals surface area (Å²) in [6.45, 7) is 9.32. The van der Waals surface area contributed by atoms with Gasteiger partial charge < -0.3 is 15.4 Å². The van der Waals surface area contributed by atoms with Crippen LogP contribution >= 0.6 is 12.4 Å². The van der Waals surface area contributed by atoms with Crippen LogP contribution in [0.15, 0.2) is 0 Å². The number of nitrogens with one attached hydrogen (secondary N) is 2. The highest BCUT2D eigenvalue weighted by Gasteiger charge is 2.31. The molecule has 0 aromatic rings. The van der Waals surface area contributed by atoms with E-state index in [1.807, 2.05) is 20.8 Å². The minimum absolute atomic E-state index is 0. The van der Waals surface area contributed by atoms with Gasteiger partial charge in [-0.15, -0.1) is 12.4 Å². The van der Waals surface area contributed by atoms with Crippen molar-refractivity contribution < 1.29 is 9.53 Å². The van der Waals surface area contributed by atoms with Gasteiger partial charge in [0.2, 0.25) is 0 Å². The van der Waals surface area contributed by atoms with Crippen molar-refractivity contribution in [1.29, 1.82) is 0 Å². The molecule has 4 nitrogen and oxygen atoms in total. The fraction of sp³-hybridized carbons (Fsp3) is 0.900. The second kappa shape index (κ2) is 5.03. The van der Waals surface area contributed by atoms with Crippen molar-refractivity contribution in [2.45, 2.75) is 45.3 Å². The Morgan fingerprint density at radius 1 is 1.53 bits per heavy atom. The van der Waals surface area contributed by atoms with Crippen molar-refractivity contribution in [2.75, 3.05) is 13.1 Å². The highest BCUT2D eigenvalue weighted by molar-refractivity contribution is 5.85. The second-order valence-corrected chi connectivity index (χ2v) is 5.09. The molecule has 1 amide bonds. The zero-order valence-corrected chi connectivity index (χ0v) is 10.7. The average molecular weight is 237 g/mol. The molecular formula is C10H21ClN2O2. The van der Waals surface area contributed by atoms with Gasteiger partial charge in [0, 0.05) is 12.1 Å². The first kappa shape index (κ1) is 14.5. The number of hydrogen-bond acceptors (Lipinski definition) is 3. The Labute approximate surface area is 97.5 Å². The summed E-state index contributed by atoms with van der Waals surface area (Å²) in [5, 5.41) is 6.03. The Bertz CT molecular complexity index is 222. The quantitative estimate of drug-likeness (QED) is 0.767. The van der Waals surface area contributed by atoms with Crippen LogP contribution in [0, 0.1) is 0 Å². The predicted octanol–water partition coefficient (Wildman–Crippen LogP) is 1.68. The molecule has 1 heterocycles. The lowest BCUT2D eigenvalue weighted by Gasteiger charge is -2.40. The average Bonchev–Trinajstić information content (AvgIpc) is 1.94. The first-order valence-electron chi connectivity index (χ1n) is 5.03. The van der Waals surface area contributed by atoms with Crippen LogP contribution in [0.5, 0.6) is 0 Å². The molecule has 1 unspecified atom stereocenters. The summed E-state index contributed by atoms with van der Waals surface area (Å²) in [5.74, 6) is 0. The van der Waals surface area contributed by atoms with Gasteiger partial charge in [-0.1, -0.05) is 0 Å². The van der Waals surface area contributed by atoms with E-state index in [1.165, 1.54) is 0 Å². The summed E-state index contributed by atoms with van der Waals surface area (Å²) < 4.78 is 5.12. The SMILES string of the molecule is CC1(CNC(=O)OC(C)(C)C)CCN1.Cl. The van der Waals surface area contributed by atoms with Crippen LogP contribution in [0.2, 0.25) is 0 Å². The molecule has 90 valence electrons. The van der Waals surface area contributed by atoms with Gasteiger partial charge in [-0.3, -0.25) is 0 Å². The number of ether oxygens (including phenoxy) is 1. The molecule has 15 heavy (non-hydrogen) atoms. The van der Waals surface area contributed by atoms with E-state index in [9.17, 15) is 4.79 Å². The van der Waals surface area contributed by atoms with Gasteiger partial charge in [0.05, 0.1) is 0 Å². The summed E-state index contributed by atoms with van der Waals surface area (Å²) in [4.78, 5) is 11.3. The largest absolute Gasteiger partial charge is 0.444 e. The zero-order chi connectivity index (χ0) is 10.8. The van der Waals surface area contributed by atoms with E-state index in [-0.39, 0.29) is 24.0 Å². The summed E-state index contributed by atoms with van der Waals surface area (Å²) in [5.41, 5.74) is -0.352. The van der Waals surface area contributed by atoms with E-state index >= 15 is 0 Å². The Kier molecular flexibility index (Phi) is 4.87. The number of carbonyl (C=O) groups is 1. The van der Waals surface area contributed by atoms with Crippen LogP contribution < -0.4 is 10.6 Å². The van der Waals surface area contributed by atoms with E-state index in [0.717, 1.165) is 13.0 Å². The fourth-order valence-electron chi connectivity index (χ4n) is 1.28. The lowest BCUT2D eigenvalue weighted by Crippen LogP contribution is -2.60. The van der Waals surface area contributed by atoms with Crippen LogP contribution in [0.25, 0.3) is 0 Å². The lowest BCUT2D eigenvalue weighted by molar-refractivity contribution is 0.0498. The number of rotatable bonds is 2. The molecule has 1 saturated heterocycles.